The maximum Gasteiger partial charge on any atom is 0.00874 e. The van der Waals surface area contributed by atoms with Gasteiger partial charge in [-0.15, -0.1) is 0 Å². The van der Waals surface area contributed by atoms with Crippen LogP contribution in [0.3, 0.4) is 0 Å². The molecule has 0 heterocycles. The molecular weight excluding hydrogens is 352 g/mol. The second kappa shape index (κ2) is 17.1. The molecule has 0 aliphatic rings. The van der Waals surface area contributed by atoms with Crippen LogP contribution >= 0.6 is 51.3 Å². The summed E-state index contributed by atoms with van der Waals surface area (Å²) in [5.74, 6) is 0. The molecule has 0 bridgehead atoms. The summed E-state index contributed by atoms with van der Waals surface area (Å²) >= 11 is 17.4. The van der Waals surface area contributed by atoms with Gasteiger partial charge in [-0.2, -0.15) is 0 Å². The van der Waals surface area contributed by atoms with E-state index in [1.807, 2.05) is 0 Å². The molecule has 0 aromatic carbocycles. The average molecular weight is 387 g/mol. The maximum atomic E-state index is 4.54. The molecule has 0 radical (unpaired) electrons. The first-order chi connectivity index (χ1) is 10.6. The molecule has 0 spiro atoms. The van der Waals surface area contributed by atoms with E-state index in [0.29, 0.717) is 0 Å². The third-order valence-corrected chi connectivity index (χ3v) is 4.99. The largest absolute Gasteiger partial charge is 0.267 e. The smallest absolute Gasteiger partial charge is 0.00874 e. The topological polar surface area (TPSA) is 21.8 Å². The van der Waals surface area contributed by atoms with Gasteiger partial charge in [0.15, 0.2) is 0 Å². The number of thiol groups is 4. The van der Waals surface area contributed by atoms with Gasteiger partial charge in [0.2, 0.25) is 0 Å². The lowest BCUT2D eigenvalue weighted by Gasteiger charge is -2.18. The Kier molecular flexibility index (Phi) is 18.0. The zero-order valence-corrected chi connectivity index (χ0v) is 17.4. The van der Waals surface area contributed by atoms with Gasteiger partial charge in [0.05, 0.1) is 0 Å². The molecule has 0 aromatic heterocycles. The molecule has 8 heteroatoms. The average Bonchev–Trinajstić information content (AvgIpc) is 2.52. The molecular formula is C14H34N4S4. The summed E-state index contributed by atoms with van der Waals surface area (Å²) in [4.78, 5) is 0. The van der Waals surface area contributed by atoms with Gasteiger partial charge in [0.25, 0.3) is 0 Å². The Hall–Kier alpha value is 1.24. The zero-order valence-electron chi connectivity index (χ0n) is 13.8. The third-order valence-electron chi connectivity index (χ3n) is 3.48. The number of rotatable bonds is 16. The van der Waals surface area contributed by atoms with Crippen molar-refractivity contribution in [2.45, 2.75) is 45.4 Å². The molecule has 4 nitrogen and oxygen atoms in total. The lowest BCUT2D eigenvalue weighted by atomic mass is 10.2. The van der Waals surface area contributed by atoms with Gasteiger partial charge >= 0.3 is 0 Å². The van der Waals surface area contributed by atoms with Crippen molar-refractivity contribution in [1.29, 1.82) is 0 Å². The molecule has 134 valence electrons. The SMILES string of the molecule is CCN(S)CCCCN(S)CCCCN(S)CCCCNS. The highest BCUT2D eigenvalue weighted by Gasteiger charge is 2.03. The molecule has 1 N–H and O–H groups in total. The van der Waals surface area contributed by atoms with E-state index in [2.05, 4.69) is 75.8 Å². The summed E-state index contributed by atoms with van der Waals surface area (Å²) in [6.07, 6.45) is 7.01. The van der Waals surface area contributed by atoms with Crippen molar-refractivity contribution in [3.63, 3.8) is 0 Å². The molecule has 0 unspecified atom stereocenters. The summed E-state index contributed by atoms with van der Waals surface area (Å²) in [7, 11) is 0. The van der Waals surface area contributed by atoms with Crippen LogP contribution in [0.5, 0.6) is 0 Å². The highest BCUT2D eigenvalue weighted by atomic mass is 32.1. The van der Waals surface area contributed by atoms with Gasteiger partial charge in [0.1, 0.15) is 0 Å². The molecule has 0 saturated heterocycles. The Morgan fingerprint density at radius 3 is 1.36 bits per heavy atom. The summed E-state index contributed by atoms with van der Waals surface area (Å²) in [6, 6.07) is 0. The Morgan fingerprint density at radius 1 is 0.636 bits per heavy atom. The van der Waals surface area contributed by atoms with Gasteiger partial charge in [-0.1, -0.05) is 58.2 Å². The van der Waals surface area contributed by atoms with Crippen LogP contribution in [0.2, 0.25) is 0 Å². The fraction of sp³-hybridized carbons (Fsp3) is 1.00. The lowest BCUT2D eigenvalue weighted by Crippen LogP contribution is -2.20. The van der Waals surface area contributed by atoms with Crippen LogP contribution in [0, 0.1) is 0 Å². The first kappa shape index (κ1) is 23.2. The van der Waals surface area contributed by atoms with Crippen LogP contribution in [0.15, 0.2) is 0 Å². The standard InChI is InChI=1S/C14H34N4S4/c1-2-16(20)10-5-6-12-18(22)14-8-7-13-17(21)11-4-3-9-15-19/h15,19-22H,2-14H2,1H3. The molecule has 0 rings (SSSR count). The normalized spacial score (nSPS) is 12.0. The Balaban J connectivity index is 3.35. The van der Waals surface area contributed by atoms with E-state index in [1.165, 1.54) is 25.7 Å². The Labute approximate surface area is 159 Å². The summed E-state index contributed by atoms with van der Waals surface area (Å²) in [6.45, 7) is 9.33. The Bertz CT molecular complexity index is 237. The van der Waals surface area contributed by atoms with E-state index in [-0.39, 0.29) is 0 Å². The minimum absolute atomic E-state index is 0.961. The quantitative estimate of drug-likeness (QED) is 0.207. The third kappa shape index (κ3) is 16.1. The second-order valence-electron chi connectivity index (χ2n) is 5.48. The van der Waals surface area contributed by atoms with Crippen molar-refractivity contribution >= 4 is 51.3 Å². The minimum atomic E-state index is 0.961. The monoisotopic (exact) mass is 386 g/mol. The van der Waals surface area contributed by atoms with Crippen LogP contribution in [-0.4, -0.2) is 58.7 Å². The van der Waals surface area contributed by atoms with Crippen molar-refractivity contribution in [3.8, 4) is 0 Å². The molecule has 0 amide bonds. The number of unbranched alkanes of at least 4 members (excludes halogenated alkanes) is 3. The first-order valence-corrected chi connectivity index (χ1v) is 9.93. The number of nitrogens with zero attached hydrogens (tertiary/aromatic N) is 3. The van der Waals surface area contributed by atoms with Gasteiger partial charge in [-0.3, -0.25) is 17.6 Å². The molecule has 0 aliphatic heterocycles. The van der Waals surface area contributed by atoms with E-state index in [1.54, 1.807) is 0 Å². The molecule has 0 aromatic rings. The molecule has 0 aliphatic carbocycles. The van der Waals surface area contributed by atoms with E-state index in [4.69, 9.17) is 0 Å². The van der Waals surface area contributed by atoms with E-state index in [0.717, 1.165) is 58.7 Å². The van der Waals surface area contributed by atoms with Gasteiger partial charge in [-0.25, -0.2) is 0 Å². The lowest BCUT2D eigenvalue weighted by molar-refractivity contribution is 0.395. The second-order valence-corrected chi connectivity index (χ2v) is 7.50. The molecule has 0 atom stereocenters. The van der Waals surface area contributed by atoms with Crippen LogP contribution in [0.25, 0.3) is 0 Å². The fourth-order valence-electron chi connectivity index (χ4n) is 2.06. The van der Waals surface area contributed by atoms with E-state index >= 15 is 0 Å². The Morgan fingerprint density at radius 2 is 1.00 bits per heavy atom. The van der Waals surface area contributed by atoms with Crippen LogP contribution in [-0.2, 0) is 0 Å². The van der Waals surface area contributed by atoms with Crippen LogP contribution in [0.4, 0.5) is 0 Å². The highest BCUT2D eigenvalue weighted by molar-refractivity contribution is 7.78. The predicted molar refractivity (Wildman–Crippen MR) is 112 cm³/mol. The molecule has 22 heavy (non-hydrogen) atoms. The summed E-state index contributed by atoms with van der Waals surface area (Å²) in [5, 5.41) is 0. The van der Waals surface area contributed by atoms with Crippen molar-refractivity contribution in [1.82, 2.24) is 17.6 Å². The summed E-state index contributed by atoms with van der Waals surface area (Å²) < 4.78 is 9.17. The van der Waals surface area contributed by atoms with Gasteiger partial charge in [-0.05, 0) is 38.5 Å². The zero-order chi connectivity index (χ0) is 16.6. The van der Waals surface area contributed by atoms with E-state index < -0.39 is 0 Å². The van der Waals surface area contributed by atoms with E-state index in [9.17, 15) is 0 Å². The van der Waals surface area contributed by atoms with Crippen LogP contribution in [0.1, 0.15) is 45.4 Å². The maximum absolute atomic E-state index is 4.54. The fourth-order valence-corrected chi connectivity index (χ4v) is 2.92. The minimum Gasteiger partial charge on any atom is -0.267 e. The number of nitrogens with one attached hydrogen (secondary N) is 1. The molecule has 0 fully saturated rings. The number of hydrogen-bond acceptors (Lipinski definition) is 8. The van der Waals surface area contributed by atoms with Crippen LogP contribution < -0.4 is 4.72 Å². The van der Waals surface area contributed by atoms with Gasteiger partial charge < -0.3 is 0 Å². The van der Waals surface area contributed by atoms with Crippen molar-refractivity contribution < 1.29 is 0 Å². The van der Waals surface area contributed by atoms with Crippen molar-refractivity contribution in [2.24, 2.45) is 0 Å². The predicted octanol–water partition coefficient (Wildman–Crippen LogP) is 3.22. The summed E-state index contributed by atoms with van der Waals surface area (Å²) in [5.41, 5.74) is 0. The highest BCUT2D eigenvalue weighted by Crippen LogP contribution is 2.06. The van der Waals surface area contributed by atoms with Crippen molar-refractivity contribution in [3.05, 3.63) is 0 Å². The molecule has 0 saturated carbocycles. The van der Waals surface area contributed by atoms with Gasteiger partial charge in [0, 0.05) is 45.8 Å². The first-order valence-electron chi connectivity index (χ1n) is 8.28. The number of hydrogen-bond donors (Lipinski definition) is 5. The van der Waals surface area contributed by atoms with Crippen molar-refractivity contribution in [2.75, 3.05) is 45.8 Å².